The molecule has 0 aliphatic carbocycles. The van der Waals surface area contributed by atoms with Crippen molar-refractivity contribution in [1.82, 2.24) is 14.9 Å². The number of fused-ring (bicyclic) bond motifs is 1. The zero-order valence-electron chi connectivity index (χ0n) is 12.2. The molecule has 1 atom stereocenters. The number of para-hydroxylation sites is 1. The lowest BCUT2D eigenvalue weighted by atomic mass is 10.2. The predicted octanol–water partition coefficient (Wildman–Crippen LogP) is 0.766. The maximum atomic E-state index is 12.2. The van der Waals surface area contributed by atoms with Crippen LogP contribution in [0.15, 0.2) is 35.4 Å². The van der Waals surface area contributed by atoms with Gasteiger partial charge in [-0.05, 0) is 18.6 Å². The summed E-state index contributed by atoms with van der Waals surface area (Å²) in [6.45, 7) is 1.83. The van der Waals surface area contributed by atoms with E-state index in [2.05, 4.69) is 10.3 Å². The first-order valence-corrected chi connectivity index (χ1v) is 6.99. The van der Waals surface area contributed by atoms with Gasteiger partial charge in [-0.2, -0.15) is 0 Å². The summed E-state index contributed by atoms with van der Waals surface area (Å²) in [7, 11) is 0. The average Bonchev–Trinajstić information content (AvgIpc) is 2.52. The van der Waals surface area contributed by atoms with Crippen molar-refractivity contribution in [2.24, 2.45) is 0 Å². The minimum Gasteiger partial charge on any atom is -0.480 e. The second-order valence-corrected chi connectivity index (χ2v) is 4.88. The number of carboxylic acids is 1. The lowest BCUT2D eigenvalue weighted by Gasteiger charge is -2.12. The fourth-order valence-corrected chi connectivity index (χ4v) is 2.09. The molecular formula is C15H17N3O4. The van der Waals surface area contributed by atoms with Crippen molar-refractivity contribution in [3.63, 3.8) is 0 Å². The number of benzene rings is 1. The number of nitrogens with zero attached hydrogens (tertiary/aromatic N) is 2. The lowest BCUT2D eigenvalue weighted by molar-refractivity contribution is -0.141. The maximum Gasteiger partial charge on any atom is 0.326 e. The normalized spacial score (nSPS) is 12.0. The molecule has 116 valence electrons. The van der Waals surface area contributed by atoms with Crippen molar-refractivity contribution in [3.8, 4) is 0 Å². The third kappa shape index (κ3) is 3.49. The average molecular weight is 303 g/mol. The van der Waals surface area contributed by atoms with Gasteiger partial charge in [0.2, 0.25) is 5.91 Å². The van der Waals surface area contributed by atoms with Crippen LogP contribution in [-0.4, -0.2) is 32.6 Å². The summed E-state index contributed by atoms with van der Waals surface area (Å²) in [5, 5.41) is 11.8. The Kier molecular flexibility index (Phi) is 4.88. The van der Waals surface area contributed by atoms with Crippen LogP contribution in [0.4, 0.5) is 0 Å². The quantitative estimate of drug-likeness (QED) is 0.820. The number of nitrogens with one attached hydrogen (secondary N) is 1. The van der Waals surface area contributed by atoms with E-state index in [4.69, 9.17) is 5.11 Å². The Morgan fingerprint density at radius 3 is 2.77 bits per heavy atom. The number of carbonyl (C=O) groups excluding carboxylic acids is 1. The van der Waals surface area contributed by atoms with Crippen LogP contribution >= 0.6 is 0 Å². The second kappa shape index (κ2) is 6.84. The van der Waals surface area contributed by atoms with E-state index < -0.39 is 17.9 Å². The molecule has 0 fully saturated rings. The molecule has 1 heterocycles. The molecule has 1 aromatic carbocycles. The van der Waals surface area contributed by atoms with Gasteiger partial charge in [0.25, 0.3) is 5.56 Å². The molecule has 0 saturated heterocycles. The highest BCUT2D eigenvalue weighted by Crippen LogP contribution is 2.04. The molecule has 0 bridgehead atoms. The Balaban J connectivity index is 2.06. The van der Waals surface area contributed by atoms with Crippen molar-refractivity contribution < 1.29 is 14.7 Å². The Bertz CT molecular complexity index is 754. The number of hydrogen-bond acceptors (Lipinski definition) is 4. The molecule has 7 nitrogen and oxygen atoms in total. The van der Waals surface area contributed by atoms with Gasteiger partial charge in [-0.3, -0.25) is 14.2 Å². The van der Waals surface area contributed by atoms with E-state index in [0.29, 0.717) is 17.3 Å². The molecule has 0 radical (unpaired) electrons. The topological polar surface area (TPSA) is 101 Å². The van der Waals surface area contributed by atoms with Crippen molar-refractivity contribution in [3.05, 3.63) is 40.9 Å². The fourth-order valence-electron chi connectivity index (χ4n) is 2.09. The summed E-state index contributed by atoms with van der Waals surface area (Å²) < 4.78 is 1.35. The van der Waals surface area contributed by atoms with E-state index >= 15 is 0 Å². The maximum absolute atomic E-state index is 12.2. The smallest absolute Gasteiger partial charge is 0.326 e. The third-order valence-corrected chi connectivity index (χ3v) is 3.35. The van der Waals surface area contributed by atoms with E-state index in [1.165, 1.54) is 10.9 Å². The van der Waals surface area contributed by atoms with Gasteiger partial charge < -0.3 is 10.4 Å². The van der Waals surface area contributed by atoms with Crippen molar-refractivity contribution in [1.29, 1.82) is 0 Å². The first-order chi connectivity index (χ1) is 10.5. The van der Waals surface area contributed by atoms with Crippen LogP contribution in [0, 0.1) is 0 Å². The highest BCUT2D eigenvalue weighted by Gasteiger charge is 2.17. The van der Waals surface area contributed by atoms with E-state index in [-0.39, 0.29) is 18.5 Å². The number of aromatic nitrogens is 2. The summed E-state index contributed by atoms with van der Waals surface area (Å²) in [5.74, 6) is -1.48. The first kappa shape index (κ1) is 15.7. The number of rotatable bonds is 6. The number of carboxylic acid groups (broad SMARTS) is 1. The van der Waals surface area contributed by atoms with Crippen molar-refractivity contribution in [2.75, 3.05) is 0 Å². The predicted molar refractivity (Wildman–Crippen MR) is 80.5 cm³/mol. The summed E-state index contributed by atoms with van der Waals surface area (Å²) in [5.41, 5.74) is 0.383. The lowest BCUT2D eigenvalue weighted by Crippen LogP contribution is -2.40. The monoisotopic (exact) mass is 303 g/mol. The minimum absolute atomic E-state index is 0.0176. The molecule has 0 saturated carbocycles. The number of aliphatic carboxylic acids is 1. The zero-order chi connectivity index (χ0) is 16.1. The molecule has 22 heavy (non-hydrogen) atoms. The summed E-state index contributed by atoms with van der Waals surface area (Å²) in [6, 6.07) is 6.06. The van der Waals surface area contributed by atoms with Gasteiger partial charge in [-0.15, -0.1) is 0 Å². The van der Waals surface area contributed by atoms with Gasteiger partial charge in [-0.1, -0.05) is 19.1 Å². The van der Waals surface area contributed by atoms with Gasteiger partial charge in [0.05, 0.1) is 17.2 Å². The standard InChI is InChI=1S/C15H17N3O4/c1-2-11(15(21)22)17-13(19)7-8-18-9-16-12-6-4-3-5-10(12)14(18)20/h3-6,9,11H,2,7-8H2,1H3,(H,17,19)(H,21,22). The summed E-state index contributed by atoms with van der Waals surface area (Å²) in [6.07, 6.45) is 1.72. The van der Waals surface area contributed by atoms with Crippen LogP contribution < -0.4 is 10.9 Å². The molecule has 2 rings (SSSR count). The number of carbonyl (C=O) groups is 2. The van der Waals surface area contributed by atoms with Crippen LogP contribution in [-0.2, 0) is 16.1 Å². The zero-order valence-corrected chi connectivity index (χ0v) is 12.2. The van der Waals surface area contributed by atoms with Crippen molar-refractivity contribution >= 4 is 22.8 Å². The molecular weight excluding hydrogens is 286 g/mol. The van der Waals surface area contributed by atoms with Gasteiger partial charge in [0.15, 0.2) is 0 Å². The van der Waals surface area contributed by atoms with Gasteiger partial charge in [-0.25, -0.2) is 9.78 Å². The highest BCUT2D eigenvalue weighted by atomic mass is 16.4. The van der Waals surface area contributed by atoms with Crippen LogP contribution in [0.2, 0.25) is 0 Å². The Hall–Kier alpha value is -2.70. The molecule has 1 aromatic heterocycles. The molecule has 2 aromatic rings. The number of aryl methyl sites for hydroxylation is 1. The van der Waals surface area contributed by atoms with Gasteiger partial charge >= 0.3 is 5.97 Å². The summed E-state index contributed by atoms with van der Waals surface area (Å²) in [4.78, 5) is 39.0. The van der Waals surface area contributed by atoms with E-state index in [1.807, 2.05) is 0 Å². The largest absolute Gasteiger partial charge is 0.480 e. The van der Waals surface area contributed by atoms with Crippen LogP contribution in [0.1, 0.15) is 19.8 Å². The Labute approximate surface area is 126 Å². The molecule has 0 aliphatic heterocycles. The fraction of sp³-hybridized carbons (Fsp3) is 0.333. The number of hydrogen-bond donors (Lipinski definition) is 2. The van der Waals surface area contributed by atoms with Crippen molar-refractivity contribution in [2.45, 2.75) is 32.4 Å². The van der Waals surface area contributed by atoms with E-state index in [1.54, 1.807) is 31.2 Å². The van der Waals surface area contributed by atoms with E-state index in [0.717, 1.165) is 0 Å². The number of amides is 1. The Morgan fingerprint density at radius 1 is 1.36 bits per heavy atom. The van der Waals surface area contributed by atoms with Crippen LogP contribution in [0.25, 0.3) is 10.9 Å². The summed E-state index contributed by atoms with van der Waals surface area (Å²) >= 11 is 0. The van der Waals surface area contributed by atoms with Crippen LogP contribution in [0.5, 0.6) is 0 Å². The molecule has 0 spiro atoms. The first-order valence-electron chi connectivity index (χ1n) is 6.99. The molecule has 7 heteroatoms. The third-order valence-electron chi connectivity index (χ3n) is 3.35. The van der Waals surface area contributed by atoms with E-state index in [9.17, 15) is 14.4 Å². The molecule has 0 aliphatic rings. The molecule has 1 unspecified atom stereocenters. The molecule has 2 N–H and O–H groups in total. The SMILES string of the molecule is CCC(NC(=O)CCn1cnc2ccccc2c1=O)C(=O)O. The molecule has 1 amide bonds. The van der Waals surface area contributed by atoms with Gasteiger partial charge in [0.1, 0.15) is 6.04 Å². The van der Waals surface area contributed by atoms with Crippen LogP contribution in [0.3, 0.4) is 0 Å². The van der Waals surface area contributed by atoms with Gasteiger partial charge in [0, 0.05) is 13.0 Å². The Morgan fingerprint density at radius 2 is 2.09 bits per heavy atom. The second-order valence-electron chi connectivity index (χ2n) is 4.88. The minimum atomic E-state index is -1.07. The highest BCUT2D eigenvalue weighted by molar-refractivity contribution is 5.83.